The Morgan fingerprint density at radius 2 is 2.00 bits per heavy atom. The van der Waals surface area contributed by atoms with Gasteiger partial charge in [-0.25, -0.2) is 19.4 Å². The van der Waals surface area contributed by atoms with E-state index in [0.29, 0.717) is 23.4 Å². The first-order chi connectivity index (χ1) is 13.2. The molecule has 1 aliphatic rings. The number of hydrogen-bond acceptors (Lipinski definition) is 4. The van der Waals surface area contributed by atoms with E-state index in [2.05, 4.69) is 20.4 Å². The van der Waals surface area contributed by atoms with E-state index in [1.807, 2.05) is 30.3 Å². The van der Waals surface area contributed by atoms with Gasteiger partial charge in [0.15, 0.2) is 5.82 Å². The highest BCUT2D eigenvalue weighted by Gasteiger charge is 2.33. The summed E-state index contributed by atoms with van der Waals surface area (Å²) in [6.45, 7) is 0. The maximum Gasteiger partial charge on any atom is 0.241 e. The van der Waals surface area contributed by atoms with Gasteiger partial charge in [0.25, 0.3) is 0 Å². The number of benzene rings is 2. The van der Waals surface area contributed by atoms with Crippen molar-refractivity contribution >= 4 is 33.7 Å². The molecular weight excluding hydrogens is 345 g/mol. The number of carbonyl (C=O) groups is 1. The number of rotatable bonds is 3. The van der Waals surface area contributed by atoms with Gasteiger partial charge in [0.1, 0.15) is 17.8 Å². The third kappa shape index (κ3) is 2.59. The molecule has 1 amide bonds. The second-order valence-electron chi connectivity index (χ2n) is 6.60. The van der Waals surface area contributed by atoms with Gasteiger partial charge in [-0.1, -0.05) is 30.3 Å². The lowest BCUT2D eigenvalue weighted by atomic mass is 10.1. The predicted octanol–water partition coefficient (Wildman–Crippen LogP) is 3.94. The third-order valence-electron chi connectivity index (χ3n) is 4.97. The van der Waals surface area contributed by atoms with Crippen LogP contribution in [-0.2, 0) is 4.79 Å². The minimum Gasteiger partial charge on any atom is -0.339 e. The van der Waals surface area contributed by atoms with E-state index in [0.717, 1.165) is 22.8 Å². The number of nitrogens with one attached hydrogen (secondary N) is 2. The molecule has 0 spiro atoms. The van der Waals surface area contributed by atoms with Crippen LogP contribution in [0.4, 0.5) is 10.2 Å². The zero-order chi connectivity index (χ0) is 18.4. The number of aromatic nitrogens is 3. The lowest BCUT2D eigenvalue weighted by Crippen LogP contribution is -2.33. The Morgan fingerprint density at radius 3 is 2.85 bits per heavy atom. The van der Waals surface area contributed by atoms with E-state index in [1.54, 1.807) is 11.1 Å². The third-order valence-corrected chi connectivity index (χ3v) is 4.97. The van der Waals surface area contributed by atoms with E-state index in [4.69, 9.17) is 0 Å². The van der Waals surface area contributed by atoms with Gasteiger partial charge in [0.05, 0.1) is 16.9 Å². The number of amides is 1. The molecule has 5 rings (SSSR count). The Labute approximate surface area is 154 Å². The Balaban J connectivity index is 1.59. The largest absolute Gasteiger partial charge is 0.339 e. The van der Waals surface area contributed by atoms with Crippen molar-refractivity contribution in [3.63, 3.8) is 0 Å². The van der Waals surface area contributed by atoms with Gasteiger partial charge in [-0.05, 0) is 30.2 Å². The highest BCUT2D eigenvalue weighted by atomic mass is 19.1. The van der Waals surface area contributed by atoms with Crippen molar-refractivity contribution < 1.29 is 9.18 Å². The number of hydrazine groups is 1. The van der Waals surface area contributed by atoms with Crippen LogP contribution >= 0.6 is 0 Å². The number of halogens is 1. The normalized spacial score (nSPS) is 17.1. The van der Waals surface area contributed by atoms with Crippen LogP contribution in [0.5, 0.6) is 0 Å². The van der Waals surface area contributed by atoms with Crippen LogP contribution in [0.1, 0.15) is 24.4 Å². The molecule has 27 heavy (non-hydrogen) atoms. The second-order valence-corrected chi connectivity index (χ2v) is 6.60. The van der Waals surface area contributed by atoms with Crippen LogP contribution in [0.2, 0.25) is 0 Å². The molecule has 1 aliphatic heterocycles. The fraction of sp³-hybridized carbons (Fsp3) is 0.150. The van der Waals surface area contributed by atoms with Crippen LogP contribution < -0.4 is 5.43 Å². The summed E-state index contributed by atoms with van der Waals surface area (Å²) in [6, 6.07) is 14.4. The van der Waals surface area contributed by atoms with E-state index < -0.39 is 0 Å². The Bertz CT molecular complexity index is 1160. The molecule has 1 fully saturated rings. The van der Waals surface area contributed by atoms with Crippen LogP contribution in [0, 0.1) is 5.82 Å². The second kappa shape index (κ2) is 6.05. The van der Waals surface area contributed by atoms with Crippen molar-refractivity contribution in [1.29, 1.82) is 0 Å². The number of aromatic amines is 1. The number of H-pyrrole nitrogens is 1. The molecule has 2 N–H and O–H groups in total. The summed E-state index contributed by atoms with van der Waals surface area (Å²) in [6.07, 6.45) is 2.64. The van der Waals surface area contributed by atoms with Crippen LogP contribution in [0.3, 0.4) is 0 Å². The lowest BCUT2D eigenvalue weighted by Gasteiger charge is -2.26. The first-order valence-electron chi connectivity index (χ1n) is 8.76. The van der Waals surface area contributed by atoms with Crippen molar-refractivity contribution in [3.05, 3.63) is 66.2 Å². The summed E-state index contributed by atoms with van der Waals surface area (Å²) < 4.78 is 13.6. The highest BCUT2D eigenvalue weighted by molar-refractivity contribution is 6.11. The van der Waals surface area contributed by atoms with Gasteiger partial charge in [-0.15, -0.1) is 0 Å². The van der Waals surface area contributed by atoms with Crippen molar-refractivity contribution in [3.8, 4) is 0 Å². The molecule has 3 heterocycles. The zero-order valence-corrected chi connectivity index (χ0v) is 14.3. The fourth-order valence-corrected chi connectivity index (χ4v) is 3.71. The van der Waals surface area contributed by atoms with Gasteiger partial charge in [0, 0.05) is 11.8 Å². The average molecular weight is 361 g/mol. The number of fused-ring (bicyclic) bond motifs is 3. The van der Waals surface area contributed by atoms with E-state index in [9.17, 15) is 9.18 Å². The molecule has 4 aromatic rings. The van der Waals surface area contributed by atoms with Crippen molar-refractivity contribution in [2.75, 3.05) is 5.43 Å². The molecule has 1 saturated heterocycles. The SMILES string of the molecule is O=C1CC[C@@H](c2ccccc2)N1Nc1ncnc2[nH]c3cc(F)ccc3c12. The van der Waals surface area contributed by atoms with Crippen LogP contribution in [-0.4, -0.2) is 25.9 Å². The molecule has 1 atom stereocenters. The smallest absolute Gasteiger partial charge is 0.241 e. The molecule has 134 valence electrons. The Kier molecular flexibility index (Phi) is 3.53. The molecule has 0 radical (unpaired) electrons. The van der Waals surface area contributed by atoms with Crippen molar-refractivity contribution in [2.45, 2.75) is 18.9 Å². The molecule has 0 aliphatic carbocycles. The summed E-state index contributed by atoms with van der Waals surface area (Å²) in [5.74, 6) is 0.214. The maximum absolute atomic E-state index is 13.6. The maximum atomic E-state index is 13.6. The summed E-state index contributed by atoms with van der Waals surface area (Å²) in [4.78, 5) is 24.2. The number of carbonyl (C=O) groups excluding carboxylic acids is 1. The number of anilines is 1. The predicted molar refractivity (Wildman–Crippen MR) is 100 cm³/mol. The van der Waals surface area contributed by atoms with Crippen molar-refractivity contribution in [2.24, 2.45) is 0 Å². The Hall–Kier alpha value is -3.48. The van der Waals surface area contributed by atoms with E-state index in [-0.39, 0.29) is 17.8 Å². The molecule has 0 unspecified atom stereocenters. The van der Waals surface area contributed by atoms with Gasteiger partial charge >= 0.3 is 0 Å². The minimum absolute atomic E-state index is 0.0153. The van der Waals surface area contributed by atoms with Crippen molar-refractivity contribution in [1.82, 2.24) is 20.0 Å². The van der Waals surface area contributed by atoms with Gasteiger partial charge in [-0.2, -0.15) is 0 Å². The molecule has 0 saturated carbocycles. The molecular formula is C20H16FN5O. The standard InChI is InChI=1S/C20H16FN5O/c21-13-6-7-14-15(10-13)24-19-18(14)20(23-11-22-19)25-26-16(8-9-17(26)27)12-4-2-1-3-5-12/h1-7,10-11,16H,8-9H2,(H2,22,23,24,25)/t16-/m0/s1. The van der Waals surface area contributed by atoms with Gasteiger partial charge in [0.2, 0.25) is 5.91 Å². The summed E-state index contributed by atoms with van der Waals surface area (Å²) >= 11 is 0. The average Bonchev–Trinajstić information content (AvgIpc) is 3.23. The first kappa shape index (κ1) is 15.7. The quantitative estimate of drug-likeness (QED) is 0.580. The highest BCUT2D eigenvalue weighted by Crippen LogP contribution is 2.35. The van der Waals surface area contributed by atoms with Gasteiger partial charge < -0.3 is 4.98 Å². The topological polar surface area (TPSA) is 73.9 Å². The molecule has 7 heteroatoms. The van der Waals surface area contributed by atoms with E-state index >= 15 is 0 Å². The fourth-order valence-electron chi connectivity index (χ4n) is 3.71. The Morgan fingerprint density at radius 1 is 1.15 bits per heavy atom. The first-order valence-corrected chi connectivity index (χ1v) is 8.76. The number of hydrogen-bond donors (Lipinski definition) is 2. The summed E-state index contributed by atoms with van der Waals surface area (Å²) in [7, 11) is 0. The van der Waals surface area contributed by atoms with Gasteiger partial charge in [-0.3, -0.25) is 10.2 Å². The number of nitrogens with zero attached hydrogens (tertiary/aromatic N) is 3. The monoisotopic (exact) mass is 361 g/mol. The molecule has 0 bridgehead atoms. The van der Waals surface area contributed by atoms with Crippen LogP contribution in [0.25, 0.3) is 21.9 Å². The molecule has 2 aromatic carbocycles. The minimum atomic E-state index is -0.324. The van der Waals surface area contributed by atoms with Crippen LogP contribution in [0.15, 0.2) is 54.9 Å². The van der Waals surface area contributed by atoms with E-state index in [1.165, 1.54) is 18.5 Å². The molecule has 6 nitrogen and oxygen atoms in total. The lowest BCUT2D eigenvalue weighted by molar-refractivity contribution is -0.127. The zero-order valence-electron chi connectivity index (χ0n) is 14.3. The summed E-state index contributed by atoms with van der Waals surface area (Å²) in [5, 5.41) is 3.18. The molecule has 2 aromatic heterocycles. The summed E-state index contributed by atoms with van der Waals surface area (Å²) in [5.41, 5.74) is 5.50.